The minimum absolute atomic E-state index is 0.0713. The number of hydrogen-bond donors (Lipinski definition) is 3. The van der Waals surface area contributed by atoms with Crippen LogP contribution in [-0.2, 0) is 27.4 Å². The third-order valence-electron chi connectivity index (χ3n) is 4.68. The molecule has 4 N–H and O–H groups in total. The van der Waals surface area contributed by atoms with Crippen LogP contribution >= 0.6 is 0 Å². The van der Waals surface area contributed by atoms with Crippen molar-refractivity contribution in [2.75, 3.05) is 0 Å². The molecule has 0 aliphatic carbocycles. The highest BCUT2D eigenvalue weighted by Gasteiger charge is 2.27. The first-order chi connectivity index (χ1) is 15.3. The third-order valence-corrected chi connectivity index (χ3v) is 4.68. The van der Waals surface area contributed by atoms with Crippen molar-refractivity contribution in [2.45, 2.75) is 45.4 Å². The minimum atomic E-state index is -0.992. The smallest absolute Gasteiger partial charge is 0.408 e. The molecule has 0 radical (unpaired) electrons. The van der Waals surface area contributed by atoms with Crippen LogP contribution in [0.15, 0.2) is 54.6 Å². The van der Waals surface area contributed by atoms with Crippen LogP contribution in [-0.4, -0.2) is 30.0 Å². The Morgan fingerprint density at radius 1 is 1.00 bits per heavy atom. The van der Waals surface area contributed by atoms with Crippen LogP contribution in [0.3, 0.4) is 0 Å². The van der Waals surface area contributed by atoms with E-state index < -0.39 is 30.0 Å². The summed E-state index contributed by atoms with van der Waals surface area (Å²) in [7, 11) is 0. The number of primary amides is 1. The zero-order valence-electron chi connectivity index (χ0n) is 18.2. The summed E-state index contributed by atoms with van der Waals surface area (Å²) in [4.78, 5) is 37.1. The van der Waals surface area contributed by atoms with Gasteiger partial charge < -0.3 is 21.1 Å². The Bertz CT molecular complexity index is 969. The van der Waals surface area contributed by atoms with E-state index in [1.54, 1.807) is 24.3 Å². The van der Waals surface area contributed by atoms with Gasteiger partial charge in [-0.2, -0.15) is 5.26 Å². The quantitative estimate of drug-likeness (QED) is 0.526. The summed E-state index contributed by atoms with van der Waals surface area (Å²) in [6.45, 7) is 3.90. The molecule has 32 heavy (non-hydrogen) atoms. The number of ether oxygens (including phenoxy) is 1. The highest BCUT2D eigenvalue weighted by Crippen LogP contribution is 2.10. The van der Waals surface area contributed by atoms with Crippen LogP contribution in [0.5, 0.6) is 0 Å². The van der Waals surface area contributed by atoms with E-state index in [9.17, 15) is 14.4 Å². The average Bonchev–Trinajstić information content (AvgIpc) is 2.77. The molecule has 0 unspecified atom stereocenters. The van der Waals surface area contributed by atoms with Crippen molar-refractivity contribution in [3.63, 3.8) is 0 Å². The maximum absolute atomic E-state index is 12.9. The van der Waals surface area contributed by atoms with E-state index in [0.29, 0.717) is 17.5 Å². The lowest BCUT2D eigenvalue weighted by atomic mass is 10.0. The fraction of sp³-hybridized carbons (Fsp3) is 0.333. The van der Waals surface area contributed by atoms with Crippen LogP contribution in [0.25, 0.3) is 0 Å². The normalized spacial score (nSPS) is 12.3. The molecular weight excluding hydrogens is 408 g/mol. The number of nitrogens with one attached hydrogen (secondary N) is 2. The molecule has 0 saturated carbocycles. The molecule has 0 aliphatic heterocycles. The zero-order chi connectivity index (χ0) is 23.5. The van der Waals surface area contributed by atoms with E-state index >= 15 is 0 Å². The van der Waals surface area contributed by atoms with Gasteiger partial charge in [0.25, 0.3) is 0 Å². The fourth-order valence-corrected chi connectivity index (χ4v) is 3.11. The van der Waals surface area contributed by atoms with Crippen molar-refractivity contribution in [3.05, 3.63) is 71.3 Å². The van der Waals surface area contributed by atoms with Gasteiger partial charge in [0.05, 0.1) is 11.6 Å². The Labute approximate surface area is 187 Å². The second-order valence-corrected chi connectivity index (χ2v) is 7.87. The van der Waals surface area contributed by atoms with Crippen molar-refractivity contribution in [3.8, 4) is 6.07 Å². The lowest BCUT2D eigenvalue weighted by molar-refractivity contribution is -0.128. The van der Waals surface area contributed by atoms with Gasteiger partial charge in [-0.1, -0.05) is 56.3 Å². The number of nitrogens with zero attached hydrogens (tertiary/aromatic N) is 1. The molecule has 0 heterocycles. The lowest BCUT2D eigenvalue weighted by Crippen LogP contribution is -2.54. The molecule has 2 aromatic carbocycles. The summed E-state index contributed by atoms with van der Waals surface area (Å²) in [5, 5.41) is 14.2. The first-order valence-electron chi connectivity index (χ1n) is 10.3. The summed E-state index contributed by atoms with van der Waals surface area (Å²) in [5.74, 6) is -1.15. The first kappa shape index (κ1) is 24.4. The van der Waals surface area contributed by atoms with Gasteiger partial charge >= 0.3 is 6.09 Å². The molecular formula is C24H28N4O4. The fourth-order valence-electron chi connectivity index (χ4n) is 3.11. The Morgan fingerprint density at radius 3 is 2.31 bits per heavy atom. The van der Waals surface area contributed by atoms with Gasteiger partial charge in [0.1, 0.15) is 18.7 Å². The number of rotatable bonds is 10. The zero-order valence-corrected chi connectivity index (χ0v) is 18.2. The third kappa shape index (κ3) is 8.11. The standard InChI is InChI=1S/C24H28N4O4/c1-16(2)11-21(28-24(31)32-15-17-7-4-3-5-8-17)23(30)27-20(22(26)29)13-18-9-6-10-19(12-18)14-25/h3-10,12,16,20-21H,11,13,15H2,1-2H3,(H2,26,29)(H,27,30)(H,28,31)/t20-,21+/m1/s1. The van der Waals surface area contributed by atoms with Gasteiger partial charge in [0.2, 0.25) is 11.8 Å². The number of carbonyl (C=O) groups is 3. The average molecular weight is 437 g/mol. The molecule has 0 saturated heterocycles. The van der Waals surface area contributed by atoms with Crippen LogP contribution in [0.2, 0.25) is 0 Å². The van der Waals surface area contributed by atoms with E-state index in [1.807, 2.05) is 50.2 Å². The number of nitrogens with two attached hydrogens (primary N) is 1. The van der Waals surface area contributed by atoms with Crippen molar-refractivity contribution in [1.29, 1.82) is 5.26 Å². The number of benzene rings is 2. The maximum Gasteiger partial charge on any atom is 0.408 e. The number of carbonyl (C=O) groups excluding carboxylic acids is 3. The van der Waals surface area contributed by atoms with E-state index in [2.05, 4.69) is 10.6 Å². The Hall–Kier alpha value is -3.86. The second kappa shape index (κ2) is 12.1. The predicted octanol–water partition coefficient (Wildman–Crippen LogP) is 2.41. The molecule has 3 amide bonds. The molecule has 0 spiro atoms. The van der Waals surface area contributed by atoms with Crippen LogP contribution in [0.4, 0.5) is 4.79 Å². The molecule has 2 rings (SSSR count). The number of alkyl carbamates (subject to hydrolysis) is 1. The topological polar surface area (TPSA) is 134 Å². The minimum Gasteiger partial charge on any atom is -0.445 e. The first-order valence-corrected chi connectivity index (χ1v) is 10.3. The molecule has 168 valence electrons. The van der Waals surface area contributed by atoms with Gasteiger partial charge in [-0.15, -0.1) is 0 Å². The van der Waals surface area contributed by atoms with Crippen molar-refractivity contribution >= 4 is 17.9 Å². The largest absolute Gasteiger partial charge is 0.445 e. The Morgan fingerprint density at radius 2 is 1.69 bits per heavy atom. The SMILES string of the molecule is CC(C)C[C@H](NC(=O)OCc1ccccc1)C(=O)N[C@H](Cc1cccc(C#N)c1)C(N)=O. The van der Waals surface area contributed by atoms with Crippen molar-refractivity contribution in [1.82, 2.24) is 10.6 Å². The Balaban J connectivity index is 2.02. The monoisotopic (exact) mass is 436 g/mol. The summed E-state index contributed by atoms with van der Waals surface area (Å²) in [5.41, 5.74) is 7.43. The summed E-state index contributed by atoms with van der Waals surface area (Å²) in [6, 6.07) is 16.0. The molecule has 0 aromatic heterocycles. The Kier molecular flexibility index (Phi) is 9.23. The molecule has 8 nitrogen and oxygen atoms in total. The van der Waals surface area contributed by atoms with E-state index in [4.69, 9.17) is 15.7 Å². The van der Waals surface area contributed by atoms with Crippen LogP contribution < -0.4 is 16.4 Å². The van der Waals surface area contributed by atoms with Gasteiger partial charge in [-0.05, 0) is 35.6 Å². The maximum atomic E-state index is 12.9. The molecule has 0 bridgehead atoms. The molecule has 2 atom stereocenters. The van der Waals surface area contributed by atoms with Gasteiger partial charge in [-0.3, -0.25) is 9.59 Å². The molecule has 0 aliphatic rings. The number of hydrogen-bond acceptors (Lipinski definition) is 5. The molecule has 8 heteroatoms. The van der Waals surface area contributed by atoms with Crippen molar-refractivity contribution in [2.24, 2.45) is 11.7 Å². The molecule has 0 fully saturated rings. The van der Waals surface area contributed by atoms with Crippen LogP contribution in [0.1, 0.15) is 37.0 Å². The number of amides is 3. The summed E-state index contributed by atoms with van der Waals surface area (Å²) in [6.07, 6.45) is -0.252. The van der Waals surface area contributed by atoms with Gasteiger partial charge in [0, 0.05) is 6.42 Å². The highest BCUT2D eigenvalue weighted by molar-refractivity contribution is 5.90. The second-order valence-electron chi connectivity index (χ2n) is 7.87. The van der Waals surface area contributed by atoms with Gasteiger partial charge in [0.15, 0.2) is 0 Å². The molecule has 2 aromatic rings. The van der Waals surface area contributed by atoms with Gasteiger partial charge in [-0.25, -0.2) is 4.79 Å². The van der Waals surface area contributed by atoms with E-state index in [-0.39, 0.29) is 18.9 Å². The van der Waals surface area contributed by atoms with Crippen LogP contribution in [0, 0.1) is 17.2 Å². The predicted molar refractivity (Wildman–Crippen MR) is 119 cm³/mol. The summed E-state index contributed by atoms with van der Waals surface area (Å²) < 4.78 is 5.21. The summed E-state index contributed by atoms with van der Waals surface area (Å²) >= 11 is 0. The number of nitriles is 1. The van der Waals surface area contributed by atoms with Crippen molar-refractivity contribution < 1.29 is 19.1 Å². The highest BCUT2D eigenvalue weighted by atomic mass is 16.5. The van der Waals surface area contributed by atoms with E-state index in [1.165, 1.54) is 0 Å². The van der Waals surface area contributed by atoms with E-state index in [0.717, 1.165) is 5.56 Å². The lowest BCUT2D eigenvalue weighted by Gasteiger charge is -2.23.